The van der Waals surface area contributed by atoms with E-state index in [0.29, 0.717) is 32.2 Å². The lowest BCUT2D eigenvalue weighted by Gasteiger charge is -2.38. The Morgan fingerprint density at radius 1 is 1.11 bits per heavy atom. The number of rotatable bonds is 2. The van der Waals surface area contributed by atoms with Crippen molar-refractivity contribution >= 4 is 5.65 Å². The van der Waals surface area contributed by atoms with Crippen LogP contribution in [-0.2, 0) is 17.8 Å². The van der Waals surface area contributed by atoms with E-state index in [0.717, 1.165) is 23.0 Å². The Morgan fingerprint density at radius 3 is 2.75 bits per heavy atom. The van der Waals surface area contributed by atoms with Gasteiger partial charge in [-0.15, -0.1) is 0 Å². The first-order chi connectivity index (χ1) is 13.5. The quantitative estimate of drug-likeness (QED) is 0.682. The van der Waals surface area contributed by atoms with Crippen LogP contribution in [0.15, 0.2) is 30.6 Å². The zero-order chi connectivity index (χ0) is 19.4. The highest BCUT2D eigenvalue weighted by Crippen LogP contribution is 2.35. The lowest BCUT2D eigenvalue weighted by Crippen LogP contribution is -2.47. The Morgan fingerprint density at radius 2 is 1.93 bits per heavy atom. The molecule has 2 aliphatic heterocycles. The van der Waals surface area contributed by atoms with E-state index in [9.17, 15) is 13.2 Å². The normalized spacial score (nSPS) is 25.4. The zero-order valence-electron chi connectivity index (χ0n) is 14.9. The number of hydrogen-bond donors (Lipinski definition) is 1. The number of nitrogens with two attached hydrogens (primary N) is 1. The van der Waals surface area contributed by atoms with Crippen molar-refractivity contribution in [3.63, 3.8) is 0 Å². The maximum Gasteiger partial charge on any atom is 0.161 e. The highest BCUT2D eigenvalue weighted by atomic mass is 19.2. The van der Waals surface area contributed by atoms with E-state index in [-0.39, 0.29) is 11.6 Å². The minimum Gasteiger partial charge on any atom is -0.370 e. The van der Waals surface area contributed by atoms with Gasteiger partial charge in [0.2, 0.25) is 0 Å². The summed E-state index contributed by atoms with van der Waals surface area (Å²) in [5.74, 6) is -3.19. The van der Waals surface area contributed by atoms with E-state index < -0.39 is 29.6 Å². The molecule has 5 rings (SSSR count). The van der Waals surface area contributed by atoms with Gasteiger partial charge in [-0.3, -0.25) is 4.90 Å². The van der Waals surface area contributed by atoms with E-state index in [4.69, 9.17) is 10.5 Å². The summed E-state index contributed by atoms with van der Waals surface area (Å²) < 4.78 is 48.4. The fourth-order valence-electron chi connectivity index (χ4n) is 4.15. The molecule has 0 spiro atoms. The summed E-state index contributed by atoms with van der Waals surface area (Å²) in [7, 11) is 0. The first-order valence-corrected chi connectivity index (χ1v) is 9.08. The van der Waals surface area contributed by atoms with Crippen LogP contribution in [-0.4, -0.2) is 38.2 Å². The number of fused-ring (bicyclic) bond motifs is 3. The van der Waals surface area contributed by atoms with Gasteiger partial charge in [-0.25, -0.2) is 22.7 Å². The molecule has 1 aromatic carbocycles. The van der Waals surface area contributed by atoms with Gasteiger partial charge in [0.15, 0.2) is 17.3 Å². The predicted molar refractivity (Wildman–Crippen MR) is 93.6 cm³/mol. The molecule has 2 aliphatic rings. The Hall–Kier alpha value is -2.49. The Labute approximate surface area is 158 Å². The summed E-state index contributed by atoms with van der Waals surface area (Å²) in [6.45, 7) is 1.66. The van der Waals surface area contributed by atoms with Crippen molar-refractivity contribution in [1.29, 1.82) is 0 Å². The van der Waals surface area contributed by atoms with E-state index in [1.54, 1.807) is 10.7 Å². The molecule has 146 valence electrons. The third-order valence-corrected chi connectivity index (χ3v) is 5.55. The molecule has 0 amide bonds. The molecule has 6 nitrogen and oxygen atoms in total. The second-order valence-corrected chi connectivity index (χ2v) is 7.31. The van der Waals surface area contributed by atoms with Gasteiger partial charge in [-0.05, 0) is 18.6 Å². The molecule has 0 radical (unpaired) electrons. The van der Waals surface area contributed by atoms with E-state index in [1.165, 1.54) is 0 Å². The Balaban J connectivity index is 1.32. The molecule has 2 unspecified atom stereocenters. The molecule has 0 bridgehead atoms. The van der Waals surface area contributed by atoms with Crippen LogP contribution in [0.4, 0.5) is 13.2 Å². The fourth-order valence-corrected chi connectivity index (χ4v) is 4.15. The molecule has 3 atom stereocenters. The zero-order valence-corrected chi connectivity index (χ0v) is 14.9. The van der Waals surface area contributed by atoms with Gasteiger partial charge >= 0.3 is 0 Å². The SMILES string of the molecule is NC1C[C@@H](N2Cc3nn4cccnc4c3C2)COC1c1cc(F)c(F)cc1F. The first kappa shape index (κ1) is 17.6. The minimum absolute atomic E-state index is 0.0255. The van der Waals surface area contributed by atoms with Crippen LogP contribution in [0.2, 0.25) is 0 Å². The van der Waals surface area contributed by atoms with Crippen molar-refractivity contribution in [3.05, 3.63) is 64.9 Å². The van der Waals surface area contributed by atoms with Crippen molar-refractivity contribution in [2.45, 2.75) is 37.7 Å². The molecule has 2 aromatic heterocycles. The van der Waals surface area contributed by atoms with Crippen molar-refractivity contribution < 1.29 is 17.9 Å². The van der Waals surface area contributed by atoms with Crippen LogP contribution in [0.25, 0.3) is 5.65 Å². The second kappa shape index (κ2) is 6.54. The number of halogens is 3. The third kappa shape index (κ3) is 2.78. The summed E-state index contributed by atoms with van der Waals surface area (Å²) in [5, 5.41) is 4.56. The van der Waals surface area contributed by atoms with Crippen LogP contribution >= 0.6 is 0 Å². The van der Waals surface area contributed by atoms with Gasteiger partial charge in [0.05, 0.1) is 12.3 Å². The molecule has 1 fully saturated rings. The summed E-state index contributed by atoms with van der Waals surface area (Å²) in [6.07, 6.45) is 3.34. The Bertz CT molecular complexity index is 1060. The molecular formula is C19H18F3N5O. The Kier molecular flexibility index (Phi) is 4.11. The average Bonchev–Trinajstić information content (AvgIpc) is 3.23. The van der Waals surface area contributed by atoms with Crippen molar-refractivity contribution in [1.82, 2.24) is 19.5 Å². The van der Waals surface area contributed by atoms with E-state index in [2.05, 4.69) is 15.0 Å². The monoisotopic (exact) mass is 389 g/mol. The molecule has 4 heterocycles. The molecule has 0 aliphatic carbocycles. The van der Waals surface area contributed by atoms with Gasteiger partial charge in [-0.1, -0.05) is 0 Å². The number of benzene rings is 1. The van der Waals surface area contributed by atoms with E-state index in [1.807, 2.05) is 12.3 Å². The molecule has 1 saturated heterocycles. The lowest BCUT2D eigenvalue weighted by molar-refractivity contribution is -0.0533. The molecule has 0 saturated carbocycles. The maximum absolute atomic E-state index is 14.1. The van der Waals surface area contributed by atoms with Crippen molar-refractivity contribution in [3.8, 4) is 0 Å². The van der Waals surface area contributed by atoms with Gasteiger partial charge in [0.1, 0.15) is 11.9 Å². The minimum atomic E-state index is -1.23. The van der Waals surface area contributed by atoms with Crippen molar-refractivity contribution in [2.75, 3.05) is 6.61 Å². The van der Waals surface area contributed by atoms with E-state index >= 15 is 0 Å². The number of aromatic nitrogens is 3. The number of hydrogen-bond acceptors (Lipinski definition) is 5. The fraction of sp³-hybridized carbons (Fsp3) is 0.368. The predicted octanol–water partition coefficient (Wildman–Crippen LogP) is 2.32. The number of nitrogens with zero attached hydrogens (tertiary/aromatic N) is 4. The van der Waals surface area contributed by atoms with Crippen LogP contribution in [0.5, 0.6) is 0 Å². The van der Waals surface area contributed by atoms with Gasteiger partial charge in [0.25, 0.3) is 0 Å². The van der Waals surface area contributed by atoms with Gasteiger partial charge in [0, 0.05) is 54.8 Å². The van der Waals surface area contributed by atoms with Crippen LogP contribution in [0.1, 0.15) is 29.3 Å². The molecule has 3 aromatic rings. The molecule has 28 heavy (non-hydrogen) atoms. The summed E-state index contributed by atoms with van der Waals surface area (Å²) >= 11 is 0. The summed E-state index contributed by atoms with van der Waals surface area (Å²) in [5.41, 5.74) is 9.08. The lowest BCUT2D eigenvalue weighted by atomic mass is 9.93. The smallest absolute Gasteiger partial charge is 0.161 e. The highest BCUT2D eigenvalue weighted by molar-refractivity contribution is 5.51. The second-order valence-electron chi connectivity index (χ2n) is 7.31. The molecular weight excluding hydrogens is 371 g/mol. The topological polar surface area (TPSA) is 68.7 Å². The van der Waals surface area contributed by atoms with Crippen molar-refractivity contribution in [2.24, 2.45) is 5.73 Å². The van der Waals surface area contributed by atoms with Gasteiger partial charge in [-0.2, -0.15) is 5.10 Å². The van der Waals surface area contributed by atoms with Gasteiger partial charge < -0.3 is 10.5 Å². The summed E-state index contributed by atoms with van der Waals surface area (Å²) in [4.78, 5) is 6.61. The molecule has 2 N–H and O–H groups in total. The molecule has 9 heteroatoms. The maximum atomic E-state index is 14.1. The van der Waals surface area contributed by atoms with Crippen LogP contribution in [0.3, 0.4) is 0 Å². The average molecular weight is 389 g/mol. The summed E-state index contributed by atoms with van der Waals surface area (Å²) in [6, 6.07) is 2.69. The first-order valence-electron chi connectivity index (χ1n) is 9.08. The highest BCUT2D eigenvalue weighted by Gasteiger charge is 2.38. The number of ether oxygens (including phenoxy) is 1. The van der Waals surface area contributed by atoms with Crippen LogP contribution in [0, 0.1) is 17.5 Å². The standard InChI is InChI=1S/C19H18F3N5O/c20-13-6-15(22)14(21)5-11(13)18-16(23)4-10(9-28-18)26-7-12-17(8-26)25-27-3-1-2-24-19(12)27/h1-3,5-6,10,16,18H,4,7-9,23H2/t10-,16?,18?/m1/s1. The van der Waals surface area contributed by atoms with Crippen LogP contribution < -0.4 is 5.73 Å². The third-order valence-electron chi connectivity index (χ3n) is 5.55. The largest absolute Gasteiger partial charge is 0.370 e.